The highest BCUT2D eigenvalue weighted by molar-refractivity contribution is 5.86. The molecule has 0 atom stereocenters. The zero-order valence-corrected chi connectivity index (χ0v) is 17.7. The van der Waals surface area contributed by atoms with Crippen molar-refractivity contribution in [3.05, 3.63) is 102 Å². The van der Waals surface area contributed by atoms with E-state index in [9.17, 15) is 5.11 Å². The van der Waals surface area contributed by atoms with Crippen molar-refractivity contribution in [3.63, 3.8) is 0 Å². The maximum absolute atomic E-state index is 10.9. The molecule has 0 aliphatic heterocycles. The molecule has 0 fully saturated rings. The van der Waals surface area contributed by atoms with Crippen molar-refractivity contribution in [2.45, 2.75) is 32.1 Å². The summed E-state index contributed by atoms with van der Waals surface area (Å²) < 4.78 is 5.70. The number of phenolic OH excluding ortho intramolecular Hbond substituents is 1. The van der Waals surface area contributed by atoms with Crippen molar-refractivity contribution in [1.82, 2.24) is 0 Å². The summed E-state index contributed by atoms with van der Waals surface area (Å²) in [6.45, 7) is 8.62. The summed E-state index contributed by atoms with van der Waals surface area (Å²) in [6, 6.07) is 23.7. The fourth-order valence-corrected chi connectivity index (χ4v) is 3.37. The maximum atomic E-state index is 10.9. The third-order valence-electron chi connectivity index (χ3n) is 5.25. The van der Waals surface area contributed by atoms with E-state index in [-0.39, 0.29) is 11.2 Å². The normalized spacial score (nSPS) is 11.5. The lowest BCUT2D eigenvalue weighted by Crippen LogP contribution is -2.19. The number of benzene rings is 3. The maximum Gasteiger partial charge on any atom is 0.128 e. The Morgan fingerprint density at radius 1 is 0.967 bits per heavy atom. The first-order chi connectivity index (χ1) is 14.5. The highest BCUT2D eigenvalue weighted by Gasteiger charge is 2.26. The molecule has 0 saturated heterocycles. The standard InChI is InChI=1S/C27H29NO2/c1-4-5-9-19-30-24-17-15-23(16-18-24)28-20-21-11-10-14-25(26(21)29)27(2,3)22-12-7-6-8-13-22/h4,6-8,10-18,20,29H,1,5,9,19H2,2-3H3. The predicted molar refractivity (Wildman–Crippen MR) is 125 cm³/mol. The minimum Gasteiger partial charge on any atom is -0.507 e. The number of aliphatic imine (C=N–C) groups is 1. The average Bonchev–Trinajstić information content (AvgIpc) is 2.77. The molecule has 1 N–H and O–H groups in total. The number of allylic oxidation sites excluding steroid dienone is 1. The van der Waals surface area contributed by atoms with Crippen LogP contribution in [0.4, 0.5) is 5.69 Å². The van der Waals surface area contributed by atoms with Crippen molar-refractivity contribution in [3.8, 4) is 11.5 Å². The number of aromatic hydroxyl groups is 1. The van der Waals surface area contributed by atoms with Gasteiger partial charge in [-0.3, -0.25) is 4.99 Å². The third-order valence-corrected chi connectivity index (χ3v) is 5.25. The molecule has 0 spiro atoms. The number of rotatable bonds is 9. The summed E-state index contributed by atoms with van der Waals surface area (Å²) in [6.07, 6.45) is 5.51. The molecule has 3 heteroatoms. The molecule has 0 bridgehead atoms. The largest absolute Gasteiger partial charge is 0.507 e. The van der Waals surface area contributed by atoms with Crippen LogP contribution in [-0.4, -0.2) is 17.9 Å². The Morgan fingerprint density at radius 2 is 1.70 bits per heavy atom. The molecule has 0 aromatic heterocycles. The van der Waals surface area contributed by atoms with Crippen molar-refractivity contribution >= 4 is 11.9 Å². The van der Waals surface area contributed by atoms with Gasteiger partial charge in [0.15, 0.2) is 0 Å². The van der Waals surface area contributed by atoms with Gasteiger partial charge in [-0.15, -0.1) is 6.58 Å². The van der Waals surface area contributed by atoms with E-state index in [1.807, 2.05) is 66.7 Å². The fraction of sp³-hybridized carbons (Fsp3) is 0.222. The Hall–Kier alpha value is -3.33. The molecule has 0 amide bonds. The molecule has 3 aromatic rings. The minimum atomic E-state index is -0.320. The summed E-state index contributed by atoms with van der Waals surface area (Å²) in [7, 11) is 0. The molecule has 30 heavy (non-hydrogen) atoms. The monoisotopic (exact) mass is 399 g/mol. The molecule has 3 nitrogen and oxygen atoms in total. The van der Waals surface area contributed by atoms with E-state index in [0.717, 1.165) is 35.4 Å². The second kappa shape index (κ2) is 9.93. The van der Waals surface area contributed by atoms with Crippen LogP contribution >= 0.6 is 0 Å². The number of unbranched alkanes of at least 4 members (excludes halogenated alkanes) is 1. The van der Waals surface area contributed by atoms with E-state index < -0.39 is 0 Å². The van der Waals surface area contributed by atoms with Gasteiger partial charge in [0, 0.05) is 22.8 Å². The molecular weight excluding hydrogens is 370 g/mol. The van der Waals surface area contributed by atoms with Gasteiger partial charge in [-0.25, -0.2) is 0 Å². The van der Waals surface area contributed by atoms with E-state index in [1.54, 1.807) is 6.21 Å². The van der Waals surface area contributed by atoms with Gasteiger partial charge in [0.1, 0.15) is 11.5 Å². The Kier molecular flexibility index (Phi) is 7.08. The van der Waals surface area contributed by atoms with Crippen LogP contribution in [0.2, 0.25) is 0 Å². The van der Waals surface area contributed by atoms with Crippen LogP contribution in [0.3, 0.4) is 0 Å². The number of hydrogen-bond acceptors (Lipinski definition) is 3. The molecule has 0 unspecified atom stereocenters. The molecule has 3 rings (SSSR count). The Labute approximate surface area is 179 Å². The smallest absolute Gasteiger partial charge is 0.128 e. The van der Waals surface area contributed by atoms with Gasteiger partial charge in [-0.1, -0.05) is 62.4 Å². The van der Waals surface area contributed by atoms with Gasteiger partial charge in [-0.05, 0) is 48.7 Å². The zero-order valence-electron chi connectivity index (χ0n) is 17.7. The molecule has 0 aliphatic carbocycles. The second-order valence-electron chi connectivity index (χ2n) is 7.77. The van der Waals surface area contributed by atoms with Gasteiger partial charge >= 0.3 is 0 Å². The first kappa shape index (κ1) is 21.4. The van der Waals surface area contributed by atoms with E-state index in [2.05, 4.69) is 37.6 Å². The first-order valence-electron chi connectivity index (χ1n) is 10.3. The van der Waals surface area contributed by atoms with Gasteiger partial charge in [-0.2, -0.15) is 0 Å². The van der Waals surface area contributed by atoms with Crippen molar-refractivity contribution in [2.24, 2.45) is 4.99 Å². The summed E-state index contributed by atoms with van der Waals surface area (Å²) in [4.78, 5) is 4.53. The van der Waals surface area contributed by atoms with Crippen LogP contribution < -0.4 is 4.74 Å². The summed E-state index contributed by atoms with van der Waals surface area (Å²) in [5.41, 5.74) is 3.21. The Balaban J connectivity index is 1.75. The lowest BCUT2D eigenvalue weighted by Gasteiger charge is -2.27. The van der Waals surface area contributed by atoms with Crippen LogP contribution in [0.1, 0.15) is 43.4 Å². The molecule has 3 aromatic carbocycles. The highest BCUT2D eigenvalue weighted by atomic mass is 16.5. The Bertz CT molecular complexity index is 989. The van der Waals surface area contributed by atoms with Gasteiger partial charge in [0.25, 0.3) is 0 Å². The first-order valence-corrected chi connectivity index (χ1v) is 10.3. The van der Waals surface area contributed by atoms with E-state index in [1.165, 1.54) is 0 Å². The lowest BCUT2D eigenvalue weighted by molar-refractivity contribution is 0.312. The third kappa shape index (κ3) is 5.18. The number of nitrogens with zero attached hydrogens (tertiary/aromatic N) is 1. The number of ether oxygens (including phenoxy) is 1. The lowest BCUT2D eigenvalue weighted by atomic mass is 9.77. The zero-order chi connectivity index (χ0) is 21.4. The van der Waals surface area contributed by atoms with E-state index in [4.69, 9.17) is 4.74 Å². The molecule has 0 aliphatic rings. The molecular formula is C27H29NO2. The number of para-hydroxylation sites is 1. The van der Waals surface area contributed by atoms with Crippen molar-refractivity contribution in [2.75, 3.05) is 6.61 Å². The predicted octanol–water partition coefficient (Wildman–Crippen LogP) is 6.81. The topological polar surface area (TPSA) is 41.8 Å². The molecule has 154 valence electrons. The van der Waals surface area contributed by atoms with E-state index >= 15 is 0 Å². The SMILES string of the molecule is C=CCCCOc1ccc(N=Cc2cccc(C(C)(C)c3ccccc3)c2O)cc1. The van der Waals surface area contributed by atoms with Crippen LogP contribution in [0.25, 0.3) is 0 Å². The summed E-state index contributed by atoms with van der Waals surface area (Å²) in [5, 5.41) is 10.9. The molecule has 0 radical (unpaired) electrons. The van der Waals surface area contributed by atoms with Gasteiger partial charge in [0.2, 0.25) is 0 Å². The van der Waals surface area contributed by atoms with Crippen molar-refractivity contribution < 1.29 is 9.84 Å². The fourth-order valence-electron chi connectivity index (χ4n) is 3.37. The summed E-state index contributed by atoms with van der Waals surface area (Å²) >= 11 is 0. The number of hydrogen-bond donors (Lipinski definition) is 1. The average molecular weight is 400 g/mol. The second-order valence-corrected chi connectivity index (χ2v) is 7.77. The van der Waals surface area contributed by atoms with Crippen LogP contribution in [0.5, 0.6) is 11.5 Å². The van der Waals surface area contributed by atoms with Crippen molar-refractivity contribution in [1.29, 1.82) is 0 Å². The Morgan fingerprint density at radius 3 is 2.40 bits per heavy atom. The van der Waals surface area contributed by atoms with Gasteiger partial charge < -0.3 is 9.84 Å². The minimum absolute atomic E-state index is 0.261. The molecule has 0 saturated carbocycles. The van der Waals surface area contributed by atoms with Crippen LogP contribution in [-0.2, 0) is 5.41 Å². The van der Waals surface area contributed by atoms with E-state index in [0.29, 0.717) is 12.2 Å². The summed E-state index contributed by atoms with van der Waals surface area (Å²) in [5.74, 6) is 1.09. The van der Waals surface area contributed by atoms with Crippen LogP contribution in [0, 0.1) is 0 Å². The molecule has 0 heterocycles. The quantitative estimate of drug-likeness (QED) is 0.244. The highest BCUT2D eigenvalue weighted by Crippen LogP contribution is 2.38. The van der Waals surface area contributed by atoms with Crippen LogP contribution in [0.15, 0.2) is 90.4 Å². The number of phenols is 1. The van der Waals surface area contributed by atoms with Gasteiger partial charge in [0.05, 0.1) is 12.3 Å².